The van der Waals surface area contributed by atoms with Gasteiger partial charge in [0.15, 0.2) is 0 Å². The summed E-state index contributed by atoms with van der Waals surface area (Å²) in [4.78, 5) is 27.1. The number of likely N-dealkylation sites (tertiary alicyclic amines) is 1. The molecule has 4 rings (SSSR count). The number of hydrogen-bond donors (Lipinski definition) is 1. The molecule has 7 nitrogen and oxygen atoms in total. The van der Waals surface area contributed by atoms with Crippen molar-refractivity contribution in [3.8, 4) is 0 Å². The highest BCUT2D eigenvalue weighted by molar-refractivity contribution is 5.81. The highest BCUT2D eigenvalue weighted by Gasteiger charge is 2.43. The van der Waals surface area contributed by atoms with Crippen LogP contribution in [0.25, 0.3) is 0 Å². The molecule has 0 radical (unpaired) electrons. The fourth-order valence-electron chi connectivity index (χ4n) is 4.61. The zero-order valence-corrected chi connectivity index (χ0v) is 15.4. The first-order chi connectivity index (χ1) is 12.6. The third-order valence-electron chi connectivity index (χ3n) is 5.96. The van der Waals surface area contributed by atoms with Crippen molar-refractivity contribution in [2.75, 3.05) is 6.54 Å². The minimum atomic E-state index is -0.359. The number of nitrogens with one attached hydrogen (secondary N) is 1. The van der Waals surface area contributed by atoms with Gasteiger partial charge >= 0.3 is 0 Å². The van der Waals surface area contributed by atoms with Crippen molar-refractivity contribution in [1.29, 1.82) is 0 Å². The predicted octanol–water partition coefficient (Wildman–Crippen LogP) is 1.17. The minimum absolute atomic E-state index is 0.0178. The lowest BCUT2D eigenvalue weighted by molar-refractivity contribution is -0.147. The monoisotopic (exact) mass is 360 g/mol. The summed E-state index contributed by atoms with van der Waals surface area (Å²) >= 11 is 0. The van der Waals surface area contributed by atoms with Crippen LogP contribution in [0.3, 0.4) is 0 Å². The van der Waals surface area contributed by atoms with Gasteiger partial charge in [-0.25, -0.2) is 0 Å². The van der Waals surface area contributed by atoms with Crippen LogP contribution in [0, 0.1) is 0 Å². The minimum Gasteiger partial charge on any atom is -0.363 e. The molecule has 3 aliphatic rings. The maximum Gasteiger partial charge on any atom is 0.249 e. The quantitative estimate of drug-likeness (QED) is 0.874. The lowest BCUT2D eigenvalue weighted by Gasteiger charge is -2.35. The number of aromatic nitrogens is 2. The maximum atomic E-state index is 12.7. The molecule has 7 heteroatoms. The van der Waals surface area contributed by atoms with E-state index in [1.165, 1.54) is 12.8 Å². The van der Waals surface area contributed by atoms with Crippen LogP contribution < -0.4 is 5.32 Å². The number of aryl methyl sites for hydroxylation is 1. The van der Waals surface area contributed by atoms with Crippen LogP contribution in [0.4, 0.5) is 0 Å². The summed E-state index contributed by atoms with van der Waals surface area (Å²) in [7, 11) is 1.85. The Morgan fingerprint density at radius 2 is 2.04 bits per heavy atom. The third kappa shape index (κ3) is 3.63. The number of hydrogen-bond acceptors (Lipinski definition) is 4. The number of carbonyl (C=O) groups is 2. The van der Waals surface area contributed by atoms with E-state index in [1.54, 1.807) is 4.68 Å². The molecule has 0 spiro atoms. The lowest BCUT2D eigenvalue weighted by Crippen LogP contribution is -2.50. The molecule has 3 atom stereocenters. The van der Waals surface area contributed by atoms with Gasteiger partial charge in [-0.3, -0.25) is 14.3 Å². The summed E-state index contributed by atoms with van der Waals surface area (Å²) in [6.45, 7) is 0.706. The first-order valence-electron chi connectivity index (χ1n) is 9.84. The Kier molecular flexibility index (Phi) is 4.98. The summed E-state index contributed by atoms with van der Waals surface area (Å²) in [5.41, 5.74) is 0.798. The van der Waals surface area contributed by atoms with Gasteiger partial charge < -0.3 is 15.0 Å². The molecule has 0 unspecified atom stereocenters. The zero-order chi connectivity index (χ0) is 18.1. The second-order valence-corrected chi connectivity index (χ2v) is 7.83. The van der Waals surface area contributed by atoms with E-state index >= 15 is 0 Å². The molecule has 142 valence electrons. The van der Waals surface area contributed by atoms with Crippen LogP contribution in [-0.2, 0) is 27.8 Å². The molecular weight excluding hydrogens is 332 g/mol. The number of ether oxygens (including phenoxy) is 1. The molecule has 26 heavy (non-hydrogen) atoms. The van der Waals surface area contributed by atoms with Gasteiger partial charge in [0, 0.05) is 25.8 Å². The molecule has 1 aromatic rings. The Labute approximate surface area is 154 Å². The van der Waals surface area contributed by atoms with Gasteiger partial charge in [0.1, 0.15) is 6.10 Å². The number of amides is 2. The molecule has 3 fully saturated rings. The van der Waals surface area contributed by atoms with E-state index in [2.05, 4.69) is 10.4 Å². The van der Waals surface area contributed by atoms with Crippen LogP contribution in [0.1, 0.15) is 50.6 Å². The van der Waals surface area contributed by atoms with Crippen molar-refractivity contribution in [2.24, 2.45) is 7.05 Å². The first kappa shape index (κ1) is 17.5. The fraction of sp³-hybridized carbons (Fsp3) is 0.737. The topological polar surface area (TPSA) is 76.5 Å². The second-order valence-electron chi connectivity index (χ2n) is 7.83. The molecule has 1 saturated carbocycles. The van der Waals surface area contributed by atoms with E-state index in [-0.39, 0.29) is 30.1 Å². The van der Waals surface area contributed by atoms with Crippen molar-refractivity contribution in [3.05, 3.63) is 18.0 Å². The van der Waals surface area contributed by atoms with Crippen molar-refractivity contribution >= 4 is 11.8 Å². The molecule has 0 bridgehead atoms. The number of fused-ring (bicyclic) bond motifs is 1. The van der Waals surface area contributed by atoms with Gasteiger partial charge in [-0.1, -0.05) is 12.8 Å². The maximum absolute atomic E-state index is 12.7. The lowest BCUT2D eigenvalue weighted by atomic mass is 9.98. The van der Waals surface area contributed by atoms with Crippen LogP contribution in [-0.4, -0.2) is 57.3 Å². The van der Waals surface area contributed by atoms with Crippen LogP contribution in [0.15, 0.2) is 12.3 Å². The van der Waals surface area contributed by atoms with Gasteiger partial charge in [0.05, 0.1) is 24.3 Å². The molecule has 2 amide bonds. The Hall–Kier alpha value is -1.89. The predicted molar refractivity (Wildman–Crippen MR) is 95.3 cm³/mol. The van der Waals surface area contributed by atoms with E-state index in [1.807, 2.05) is 24.2 Å². The molecule has 0 aromatic carbocycles. The Bertz CT molecular complexity index is 667. The average molecular weight is 360 g/mol. The van der Waals surface area contributed by atoms with Gasteiger partial charge in [-0.15, -0.1) is 0 Å². The highest BCUT2D eigenvalue weighted by atomic mass is 16.5. The largest absolute Gasteiger partial charge is 0.363 e. The van der Waals surface area contributed by atoms with Crippen molar-refractivity contribution < 1.29 is 14.3 Å². The van der Waals surface area contributed by atoms with Crippen LogP contribution >= 0.6 is 0 Å². The summed E-state index contributed by atoms with van der Waals surface area (Å²) < 4.78 is 7.81. The molecule has 1 aliphatic carbocycles. The Balaban J connectivity index is 1.31. The van der Waals surface area contributed by atoms with E-state index in [0.29, 0.717) is 25.4 Å². The molecule has 2 saturated heterocycles. The van der Waals surface area contributed by atoms with Gasteiger partial charge in [-0.05, 0) is 38.2 Å². The summed E-state index contributed by atoms with van der Waals surface area (Å²) in [5, 5.41) is 7.44. The first-order valence-corrected chi connectivity index (χ1v) is 9.84. The molecular formula is C19H28N4O3. The molecule has 1 N–H and O–H groups in total. The van der Waals surface area contributed by atoms with E-state index in [0.717, 1.165) is 31.4 Å². The Morgan fingerprint density at radius 3 is 2.77 bits per heavy atom. The smallest absolute Gasteiger partial charge is 0.249 e. The summed E-state index contributed by atoms with van der Waals surface area (Å²) in [6, 6.07) is 2.30. The van der Waals surface area contributed by atoms with Crippen LogP contribution in [0.5, 0.6) is 0 Å². The Morgan fingerprint density at radius 1 is 1.23 bits per heavy atom. The zero-order valence-electron chi connectivity index (χ0n) is 15.4. The van der Waals surface area contributed by atoms with E-state index < -0.39 is 0 Å². The van der Waals surface area contributed by atoms with Crippen molar-refractivity contribution in [3.63, 3.8) is 0 Å². The number of carbonyl (C=O) groups excluding carboxylic acids is 2. The summed E-state index contributed by atoms with van der Waals surface area (Å²) in [6.07, 6.45) is 8.71. The van der Waals surface area contributed by atoms with Gasteiger partial charge in [0.2, 0.25) is 11.8 Å². The highest BCUT2D eigenvalue weighted by Crippen LogP contribution is 2.32. The van der Waals surface area contributed by atoms with E-state index in [9.17, 15) is 9.59 Å². The van der Waals surface area contributed by atoms with E-state index in [4.69, 9.17) is 4.74 Å². The van der Waals surface area contributed by atoms with Gasteiger partial charge in [-0.2, -0.15) is 5.10 Å². The third-order valence-corrected chi connectivity index (χ3v) is 5.96. The summed E-state index contributed by atoms with van der Waals surface area (Å²) in [5.74, 6) is 0.141. The number of rotatable bonds is 4. The molecule has 2 aliphatic heterocycles. The SMILES string of the molecule is Cn1ccc(CC(=O)N2CC[C@H]3O[C@@H](C(=O)NC4CCCC4)CC[C@H]32)n1. The van der Waals surface area contributed by atoms with Gasteiger partial charge in [0.25, 0.3) is 0 Å². The molecule has 1 aromatic heterocycles. The number of nitrogens with zero attached hydrogens (tertiary/aromatic N) is 3. The van der Waals surface area contributed by atoms with Crippen LogP contribution in [0.2, 0.25) is 0 Å². The fourth-order valence-corrected chi connectivity index (χ4v) is 4.61. The second kappa shape index (κ2) is 7.39. The van der Waals surface area contributed by atoms with Crippen molar-refractivity contribution in [2.45, 2.75) is 75.7 Å². The average Bonchev–Trinajstić information content (AvgIpc) is 3.35. The standard InChI is InChI=1S/C19H28N4O3/c1-22-10-8-14(21-22)12-18(24)23-11-9-16-15(23)6-7-17(26-16)19(25)20-13-4-2-3-5-13/h8,10,13,15-17H,2-7,9,11-12H2,1H3,(H,20,25)/t15-,16-,17-/m1/s1. The van der Waals surface area contributed by atoms with Crippen molar-refractivity contribution in [1.82, 2.24) is 20.0 Å². The normalized spacial score (nSPS) is 29.0. The molecule has 3 heterocycles.